The Kier molecular flexibility index (Phi) is 11.1. The SMILES string of the molecule is CCOC(=O)CC(O)N(Cc1ccc(-c2ccccc2)cc1)C1CN(C(=O)OC(C)(C)C)CCC1CC(=O)OC. The van der Waals surface area contributed by atoms with Crippen molar-refractivity contribution in [3.8, 4) is 11.1 Å². The molecule has 0 bridgehead atoms. The number of aliphatic hydroxyl groups is 1. The molecule has 1 N–H and O–H groups in total. The molecule has 0 aliphatic carbocycles. The summed E-state index contributed by atoms with van der Waals surface area (Å²) in [4.78, 5) is 41.1. The van der Waals surface area contributed by atoms with Crippen LogP contribution in [0.4, 0.5) is 4.79 Å². The number of nitrogens with zero attached hydrogens (tertiary/aromatic N) is 2. The molecule has 3 unspecified atom stereocenters. The van der Waals surface area contributed by atoms with E-state index in [9.17, 15) is 19.5 Å². The molecule has 1 saturated heterocycles. The maximum atomic E-state index is 13.0. The average Bonchev–Trinajstić information content (AvgIpc) is 2.92. The van der Waals surface area contributed by atoms with Crippen molar-refractivity contribution in [2.45, 2.75) is 71.4 Å². The van der Waals surface area contributed by atoms with Crippen molar-refractivity contribution < 1.29 is 33.7 Å². The van der Waals surface area contributed by atoms with Crippen LogP contribution in [0.15, 0.2) is 54.6 Å². The third-order valence-corrected chi connectivity index (χ3v) is 6.92. The molecule has 1 aliphatic heterocycles. The number of rotatable bonds is 10. The topological polar surface area (TPSA) is 106 Å². The Morgan fingerprint density at radius 1 is 1.02 bits per heavy atom. The van der Waals surface area contributed by atoms with Gasteiger partial charge >= 0.3 is 18.0 Å². The number of aliphatic hydroxyl groups excluding tert-OH is 1. The van der Waals surface area contributed by atoms with Crippen molar-refractivity contribution in [3.63, 3.8) is 0 Å². The lowest BCUT2D eigenvalue weighted by molar-refractivity contribution is -0.153. The van der Waals surface area contributed by atoms with Crippen molar-refractivity contribution in [1.29, 1.82) is 0 Å². The van der Waals surface area contributed by atoms with Gasteiger partial charge in [0.1, 0.15) is 11.8 Å². The maximum absolute atomic E-state index is 13.0. The monoisotopic (exact) mass is 554 g/mol. The van der Waals surface area contributed by atoms with Crippen LogP contribution in [0.3, 0.4) is 0 Å². The summed E-state index contributed by atoms with van der Waals surface area (Å²) in [5.74, 6) is -1.11. The van der Waals surface area contributed by atoms with Crippen LogP contribution in [0, 0.1) is 5.92 Å². The zero-order valence-electron chi connectivity index (χ0n) is 24.2. The number of hydrogen-bond acceptors (Lipinski definition) is 8. The van der Waals surface area contributed by atoms with Crippen LogP contribution < -0.4 is 0 Å². The van der Waals surface area contributed by atoms with Crippen LogP contribution >= 0.6 is 0 Å². The van der Waals surface area contributed by atoms with Crippen LogP contribution in [0.5, 0.6) is 0 Å². The second kappa shape index (κ2) is 14.3. The smallest absolute Gasteiger partial charge is 0.410 e. The number of hydrogen-bond donors (Lipinski definition) is 1. The van der Waals surface area contributed by atoms with Crippen LogP contribution in [0.2, 0.25) is 0 Å². The second-order valence-corrected chi connectivity index (χ2v) is 11.0. The van der Waals surface area contributed by atoms with Gasteiger partial charge < -0.3 is 24.2 Å². The van der Waals surface area contributed by atoms with Crippen molar-refractivity contribution in [1.82, 2.24) is 9.80 Å². The first-order valence-electron chi connectivity index (χ1n) is 13.8. The molecule has 1 aliphatic rings. The van der Waals surface area contributed by atoms with Gasteiger partial charge in [-0.3, -0.25) is 14.5 Å². The number of methoxy groups -OCH3 is 1. The number of benzene rings is 2. The Bertz CT molecular complexity index is 1110. The highest BCUT2D eigenvalue weighted by molar-refractivity contribution is 5.71. The Morgan fingerprint density at radius 3 is 2.27 bits per heavy atom. The standard InChI is InChI=1S/C31H42N2O7/c1-6-39-29(36)19-27(34)33(20-22-12-14-24(15-13-22)23-10-8-7-9-11-23)26-21-32(30(37)40-31(2,3)4)17-16-25(26)18-28(35)38-5/h7-15,25-27,34H,6,16-21H2,1-5H3. The minimum Gasteiger partial charge on any atom is -0.469 e. The first kappa shape index (κ1) is 31.1. The van der Waals surface area contributed by atoms with Crippen molar-refractivity contribution in [2.75, 3.05) is 26.8 Å². The van der Waals surface area contributed by atoms with E-state index >= 15 is 0 Å². The number of likely N-dealkylation sites (tertiary alicyclic amines) is 1. The first-order valence-corrected chi connectivity index (χ1v) is 13.8. The van der Waals surface area contributed by atoms with Gasteiger partial charge in [0, 0.05) is 32.1 Å². The van der Waals surface area contributed by atoms with E-state index in [1.54, 1.807) is 37.5 Å². The lowest BCUT2D eigenvalue weighted by Crippen LogP contribution is -2.57. The van der Waals surface area contributed by atoms with Gasteiger partial charge in [-0.25, -0.2) is 4.79 Å². The lowest BCUT2D eigenvalue weighted by Gasteiger charge is -2.45. The fourth-order valence-electron chi connectivity index (χ4n) is 4.96. The molecule has 0 saturated carbocycles. The summed E-state index contributed by atoms with van der Waals surface area (Å²) in [5.41, 5.74) is 2.39. The summed E-state index contributed by atoms with van der Waals surface area (Å²) < 4.78 is 15.7. The van der Waals surface area contributed by atoms with E-state index < -0.39 is 29.9 Å². The predicted molar refractivity (Wildman–Crippen MR) is 151 cm³/mol. The van der Waals surface area contributed by atoms with E-state index in [-0.39, 0.29) is 37.9 Å². The average molecular weight is 555 g/mol. The molecule has 218 valence electrons. The molecular formula is C31H42N2O7. The Hall–Kier alpha value is -3.43. The minimum absolute atomic E-state index is 0.124. The van der Waals surface area contributed by atoms with E-state index in [1.165, 1.54) is 7.11 Å². The van der Waals surface area contributed by atoms with Gasteiger partial charge in [0.25, 0.3) is 0 Å². The number of ether oxygens (including phenoxy) is 3. The number of piperidine rings is 1. The number of carbonyl (C=O) groups is 3. The van der Waals surface area contributed by atoms with E-state index in [2.05, 4.69) is 0 Å². The molecule has 2 aromatic rings. The molecule has 1 heterocycles. The quantitative estimate of drug-likeness (QED) is 0.258. The highest BCUT2D eigenvalue weighted by Gasteiger charge is 2.40. The minimum atomic E-state index is -1.20. The fourth-order valence-corrected chi connectivity index (χ4v) is 4.96. The van der Waals surface area contributed by atoms with Crippen LogP contribution in [0.1, 0.15) is 52.5 Å². The van der Waals surface area contributed by atoms with E-state index in [0.717, 1.165) is 16.7 Å². The largest absolute Gasteiger partial charge is 0.469 e. The zero-order valence-corrected chi connectivity index (χ0v) is 24.2. The van der Waals surface area contributed by atoms with Gasteiger partial charge in [0.15, 0.2) is 0 Å². The summed E-state index contributed by atoms with van der Waals surface area (Å²) in [6.45, 7) is 8.25. The van der Waals surface area contributed by atoms with Gasteiger partial charge in [-0.05, 0) is 56.7 Å². The molecule has 1 fully saturated rings. The van der Waals surface area contributed by atoms with Crippen molar-refractivity contribution in [3.05, 3.63) is 60.2 Å². The zero-order chi connectivity index (χ0) is 29.3. The molecule has 40 heavy (non-hydrogen) atoms. The van der Waals surface area contributed by atoms with Gasteiger partial charge in [0.2, 0.25) is 0 Å². The summed E-state index contributed by atoms with van der Waals surface area (Å²) in [6.07, 6.45) is -1.27. The van der Waals surface area contributed by atoms with Gasteiger partial charge in [0.05, 0.1) is 20.1 Å². The molecule has 0 aromatic heterocycles. The predicted octanol–water partition coefficient (Wildman–Crippen LogP) is 4.62. The highest BCUT2D eigenvalue weighted by atomic mass is 16.6. The molecule has 2 aromatic carbocycles. The Balaban J connectivity index is 1.92. The number of amides is 1. The first-order chi connectivity index (χ1) is 19.0. The third-order valence-electron chi connectivity index (χ3n) is 6.92. The van der Waals surface area contributed by atoms with E-state index in [1.807, 2.05) is 54.6 Å². The number of carbonyl (C=O) groups excluding carboxylic acids is 3. The Morgan fingerprint density at radius 2 is 1.68 bits per heavy atom. The molecule has 9 nitrogen and oxygen atoms in total. The molecule has 0 radical (unpaired) electrons. The molecule has 3 atom stereocenters. The van der Waals surface area contributed by atoms with Gasteiger partial charge in [-0.2, -0.15) is 0 Å². The van der Waals surface area contributed by atoms with E-state index in [0.29, 0.717) is 19.5 Å². The number of esters is 2. The van der Waals surface area contributed by atoms with E-state index in [4.69, 9.17) is 14.2 Å². The molecular weight excluding hydrogens is 512 g/mol. The van der Waals surface area contributed by atoms with Gasteiger partial charge in [-0.15, -0.1) is 0 Å². The van der Waals surface area contributed by atoms with Crippen LogP contribution in [0.25, 0.3) is 11.1 Å². The summed E-state index contributed by atoms with van der Waals surface area (Å²) >= 11 is 0. The normalized spacial score (nSPS) is 18.2. The van der Waals surface area contributed by atoms with Crippen LogP contribution in [-0.4, -0.2) is 77.6 Å². The molecule has 9 heteroatoms. The Labute approximate surface area is 237 Å². The maximum Gasteiger partial charge on any atom is 0.410 e. The van der Waals surface area contributed by atoms with Crippen molar-refractivity contribution in [2.24, 2.45) is 5.92 Å². The molecule has 3 rings (SSSR count). The third kappa shape index (κ3) is 9.06. The summed E-state index contributed by atoms with van der Waals surface area (Å²) in [7, 11) is 1.34. The lowest BCUT2D eigenvalue weighted by atomic mass is 9.87. The van der Waals surface area contributed by atoms with Crippen LogP contribution in [-0.2, 0) is 30.3 Å². The van der Waals surface area contributed by atoms with Crippen molar-refractivity contribution >= 4 is 18.0 Å². The second-order valence-electron chi connectivity index (χ2n) is 11.0. The van der Waals surface area contributed by atoms with Gasteiger partial charge in [-0.1, -0.05) is 54.6 Å². The summed E-state index contributed by atoms with van der Waals surface area (Å²) in [5, 5.41) is 11.3. The molecule has 1 amide bonds. The molecule has 0 spiro atoms. The fraction of sp³-hybridized carbons (Fsp3) is 0.516. The highest BCUT2D eigenvalue weighted by Crippen LogP contribution is 2.30. The summed E-state index contributed by atoms with van der Waals surface area (Å²) in [6, 6.07) is 17.6.